The highest BCUT2D eigenvalue weighted by Gasteiger charge is 2.15. The number of para-hydroxylation sites is 2. The summed E-state index contributed by atoms with van der Waals surface area (Å²) in [7, 11) is 0. The number of halogens is 1. The van der Waals surface area contributed by atoms with Gasteiger partial charge in [0.05, 0.1) is 23.1 Å². The van der Waals surface area contributed by atoms with Gasteiger partial charge in [-0.1, -0.05) is 76.6 Å². The molecule has 0 aliphatic rings. The van der Waals surface area contributed by atoms with Gasteiger partial charge in [-0.15, -0.1) is 0 Å². The van der Waals surface area contributed by atoms with Gasteiger partial charge >= 0.3 is 5.97 Å². The van der Waals surface area contributed by atoms with Gasteiger partial charge in [-0.05, 0) is 48.5 Å². The normalized spacial score (nSPS) is 11.4. The molecule has 0 aliphatic heterocycles. The van der Waals surface area contributed by atoms with Gasteiger partial charge in [0.2, 0.25) is 0 Å². The number of fused-ring (bicyclic) bond motifs is 1. The van der Waals surface area contributed by atoms with Crippen LogP contribution in [-0.2, 0) is 11.3 Å². The van der Waals surface area contributed by atoms with Crippen molar-refractivity contribution in [1.29, 1.82) is 0 Å². The Hall–Kier alpha value is -4.16. The molecule has 0 saturated heterocycles. The molecule has 1 aromatic heterocycles. The zero-order chi connectivity index (χ0) is 24.7. The number of carbonyl (C=O) groups excluding carboxylic acids is 1. The number of hydrogen-bond donors (Lipinski definition) is 0. The van der Waals surface area contributed by atoms with Crippen molar-refractivity contribution in [2.24, 2.45) is 0 Å². The molecule has 5 nitrogen and oxygen atoms in total. The first-order chi connectivity index (χ1) is 17.7. The van der Waals surface area contributed by atoms with Crippen LogP contribution in [0.4, 0.5) is 0 Å². The summed E-state index contributed by atoms with van der Waals surface area (Å²) in [6, 6.07) is 34.2. The van der Waals surface area contributed by atoms with Gasteiger partial charge in [0, 0.05) is 16.1 Å². The lowest BCUT2D eigenvalue weighted by Gasteiger charge is -2.12. The molecule has 0 saturated carbocycles. The Kier molecular flexibility index (Phi) is 7.24. The Morgan fingerprint density at radius 1 is 0.806 bits per heavy atom. The van der Waals surface area contributed by atoms with Crippen molar-refractivity contribution in [3.8, 4) is 5.75 Å². The predicted molar refractivity (Wildman–Crippen MR) is 146 cm³/mol. The molecule has 0 amide bonds. The van der Waals surface area contributed by atoms with E-state index in [9.17, 15) is 4.79 Å². The second kappa shape index (κ2) is 11.1. The van der Waals surface area contributed by atoms with Crippen LogP contribution in [0.1, 0.15) is 21.7 Å². The van der Waals surface area contributed by atoms with E-state index in [4.69, 9.17) is 14.5 Å². The van der Waals surface area contributed by atoms with E-state index in [0.717, 1.165) is 26.8 Å². The molecule has 0 spiro atoms. The van der Waals surface area contributed by atoms with Crippen molar-refractivity contribution >= 4 is 44.8 Å². The Bertz CT molecular complexity index is 1490. The summed E-state index contributed by atoms with van der Waals surface area (Å²) in [5.41, 5.74) is 3.10. The van der Waals surface area contributed by atoms with E-state index in [0.29, 0.717) is 30.3 Å². The van der Waals surface area contributed by atoms with Crippen molar-refractivity contribution in [3.63, 3.8) is 0 Å². The maximum atomic E-state index is 12.9. The summed E-state index contributed by atoms with van der Waals surface area (Å²) in [5.74, 6) is 1.47. The standard InChI is InChI=1S/C30H23BrN2O3/c31-24-15-17-25(18-16-24)35-20-19-33-27-14-8-7-13-26(27)32-29(33)21-28(22-9-3-1-4-10-22)36-30(34)23-11-5-2-6-12-23/h1-18,21H,19-20H2/b28-21+. The molecule has 0 radical (unpaired) electrons. The number of aromatic nitrogens is 2. The first-order valence-corrected chi connectivity index (χ1v) is 12.3. The van der Waals surface area contributed by atoms with Crippen LogP contribution >= 0.6 is 15.9 Å². The third-order valence-corrected chi connectivity index (χ3v) is 6.14. The van der Waals surface area contributed by atoms with Crippen LogP contribution in [-0.4, -0.2) is 22.1 Å². The van der Waals surface area contributed by atoms with Gasteiger partial charge in [-0.25, -0.2) is 9.78 Å². The number of imidazole rings is 1. The topological polar surface area (TPSA) is 53.3 Å². The Labute approximate surface area is 217 Å². The van der Waals surface area contributed by atoms with Crippen molar-refractivity contribution < 1.29 is 14.3 Å². The van der Waals surface area contributed by atoms with E-state index in [1.54, 1.807) is 12.1 Å². The first-order valence-electron chi connectivity index (χ1n) is 11.6. The van der Waals surface area contributed by atoms with Crippen molar-refractivity contribution in [1.82, 2.24) is 9.55 Å². The van der Waals surface area contributed by atoms with Crippen molar-refractivity contribution in [2.75, 3.05) is 6.61 Å². The molecular weight excluding hydrogens is 516 g/mol. The Morgan fingerprint density at radius 3 is 2.17 bits per heavy atom. The summed E-state index contributed by atoms with van der Waals surface area (Å²) in [4.78, 5) is 17.7. The molecule has 0 aliphatic carbocycles. The molecular formula is C30H23BrN2O3. The number of nitrogens with zero attached hydrogens (tertiary/aromatic N) is 2. The zero-order valence-corrected chi connectivity index (χ0v) is 21.0. The second-order valence-electron chi connectivity index (χ2n) is 8.04. The first kappa shape index (κ1) is 23.6. The SMILES string of the molecule is O=C(O/C(=C/c1nc2ccccc2n1CCOc1ccc(Br)cc1)c1ccccc1)c1ccccc1. The molecule has 36 heavy (non-hydrogen) atoms. The summed E-state index contributed by atoms with van der Waals surface area (Å²) in [6.07, 6.45) is 1.82. The molecule has 0 atom stereocenters. The van der Waals surface area contributed by atoms with E-state index in [1.807, 2.05) is 103 Å². The monoisotopic (exact) mass is 538 g/mol. The largest absolute Gasteiger partial charge is 0.492 e. The highest BCUT2D eigenvalue weighted by atomic mass is 79.9. The summed E-state index contributed by atoms with van der Waals surface area (Å²) in [6.45, 7) is 1.02. The third kappa shape index (κ3) is 5.56. The average molecular weight is 539 g/mol. The van der Waals surface area contributed by atoms with Crippen LogP contribution in [0.3, 0.4) is 0 Å². The molecule has 4 aromatic carbocycles. The van der Waals surface area contributed by atoms with E-state index < -0.39 is 5.97 Å². The maximum absolute atomic E-state index is 12.9. The number of rotatable bonds is 8. The van der Waals surface area contributed by atoms with Crippen LogP contribution in [0, 0.1) is 0 Å². The lowest BCUT2D eigenvalue weighted by Crippen LogP contribution is -2.10. The predicted octanol–water partition coefficient (Wildman–Crippen LogP) is 7.23. The highest BCUT2D eigenvalue weighted by Crippen LogP contribution is 2.24. The van der Waals surface area contributed by atoms with E-state index in [1.165, 1.54) is 0 Å². The molecule has 178 valence electrons. The van der Waals surface area contributed by atoms with E-state index in [-0.39, 0.29) is 0 Å². The van der Waals surface area contributed by atoms with Gasteiger partial charge in [0.1, 0.15) is 23.9 Å². The number of esters is 1. The summed E-state index contributed by atoms with van der Waals surface area (Å²) < 4.78 is 14.9. The fourth-order valence-electron chi connectivity index (χ4n) is 3.85. The van der Waals surface area contributed by atoms with Crippen molar-refractivity contribution in [2.45, 2.75) is 6.54 Å². The van der Waals surface area contributed by atoms with Crippen molar-refractivity contribution in [3.05, 3.63) is 131 Å². The molecule has 0 unspecified atom stereocenters. The molecule has 5 aromatic rings. The minimum atomic E-state index is -0.424. The number of hydrogen-bond acceptors (Lipinski definition) is 4. The summed E-state index contributed by atoms with van der Waals surface area (Å²) in [5, 5.41) is 0. The quantitative estimate of drug-likeness (QED) is 0.154. The molecule has 1 heterocycles. The van der Waals surface area contributed by atoms with Gasteiger partial charge in [0.25, 0.3) is 0 Å². The van der Waals surface area contributed by atoms with Gasteiger partial charge in [0.15, 0.2) is 0 Å². The fourth-order valence-corrected chi connectivity index (χ4v) is 4.11. The number of benzene rings is 4. The minimum absolute atomic E-state index is 0.424. The number of ether oxygens (including phenoxy) is 2. The van der Waals surface area contributed by atoms with Gasteiger partial charge in [-0.3, -0.25) is 0 Å². The van der Waals surface area contributed by atoms with Crippen LogP contribution < -0.4 is 4.74 Å². The third-order valence-electron chi connectivity index (χ3n) is 5.61. The highest BCUT2D eigenvalue weighted by molar-refractivity contribution is 9.10. The van der Waals surface area contributed by atoms with Crippen LogP contribution in [0.25, 0.3) is 22.9 Å². The maximum Gasteiger partial charge on any atom is 0.343 e. The second-order valence-corrected chi connectivity index (χ2v) is 8.96. The van der Waals surface area contributed by atoms with Gasteiger partial charge < -0.3 is 14.0 Å². The lowest BCUT2D eigenvalue weighted by molar-refractivity contribution is 0.0693. The molecule has 5 rings (SSSR count). The Morgan fingerprint density at radius 2 is 1.44 bits per heavy atom. The van der Waals surface area contributed by atoms with Gasteiger partial charge in [-0.2, -0.15) is 0 Å². The van der Waals surface area contributed by atoms with E-state index in [2.05, 4.69) is 20.5 Å². The zero-order valence-electron chi connectivity index (χ0n) is 19.4. The Balaban J connectivity index is 1.48. The van der Waals surface area contributed by atoms with E-state index >= 15 is 0 Å². The smallest absolute Gasteiger partial charge is 0.343 e. The molecule has 0 bridgehead atoms. The molecule has 0 N–H and O–H groups in total. The average Bonchev–Trinajstić information content (AvgIpc) is 3.27. The fraction of sp³-hybridized carbons (Fsp3) is 0.0667. The molecule has 6 heteroatoms. The lowest BCUT2D eigenvalue weighted by atomic mass is 10.1. The number of carbonyl (C=O) groups is 1. The van der Waals surface area contributed by atoms with Crippen LogP contribution in [0.15, 0.2) is 114 Å². The van der Waals surface area contributed by atoms with Crippen LogP contribution in [0.2, 0.25) is 0 Å². The summed E-state index contributed by atoms with van der Waals surface area (Å²) >= 11 is 3.45. The minimum Gasteiger partial charge on any atom is -0.492 e. The molecule has 0 fully saturated rings. The van der Waals surface area contributed by atoms with Crippen LogP contribution in [0.5, 0.6) is 5.75 Å².